The van der Waals surface area contributed by atoms with Crippen LogP contribution in [-0.4, -0.2) is 34.1 Å². The molecule has 0 bridgehead atoms. The van der Waals surface area contributed by atoms with Crippen molar-refractivity contribution in [2.75, 3.05) is 7.11 Å². The Bertz CT molecular complexity index is 690. The Morgan fingerprint density at radius 3 is 2.87 bits per heavy atom. The van der Waals surface area contributed by atoms with Crippen LogP contribution in [0.15, 0.2) is 30.5 Å². The van der Waals surface area contributed by atoms with E-state index in [0.717, 1.165) is 37.0 Å². The second-order valence-electron chi connectivity index (χ2n) is 5.70. The molecule has 0 saturated heterocycles. The van der Waals surface area contributed by atoms with Gasteiger partial charge in [-0.1, -0.05) is 12.1 Å². The zero-order valence-corrected chi connectivity index (χ0v) is 13.1. The van der Waals surface area contributed by atoms with E-state index in [2.05, 4.69) is 5.10 Å². The van der Waals surface area contributed by atoms with Crippen LogP contribution in [0.1, 0.15) is 41.7 Å². The monoisotopic (exact) mass is 316 g/mol. The highest BCUT2D eigenvalue weighted by Crippen LogP contribution is 2.27. The summed E-state index contributed by atoms with van der Waals surface area (Å²) in [5.74, 6) is 0.0552. The quantitative estimate of drug-likeness (QED) is 0.887. The number of nitrogens with zero attached hydrogens (tertiary/aromatic N) is 2. The van der Waals surface area contributed by atoms with Crippen LogP contribution in [0.2, 0.25) is 0 Å². The van der Waals surface area contributed by atoms with Gasteiger partial charge in [0.15, 0.2) is 11.4 Å². The molecular formula is C17H20N2O4. The number of benzene rings is 1. The van der Waals surface area contributed by atoms with Crippen LogP contribution in [0.3, 0.4) is 0 Å². The zero-order chi connectivity index (χ0) is 16.2. The standard InChI is InChI=1S/C17H20N2O4/c1-22-14-8-4-5-12(9-14)11-19-16(17(20)21)15(10-18-19)23-13-6-2-3-7-13/h4-5,8-10,13H,2-3,6-7,11H2,1H3,(H,20,21). The molecule has 1 saturated carbocycles. The average molecular weight is 316 g/mol. The van der Waals surface area contributed by atoms with Gasteiger partial charge in [0, 0.05) is 0 Å². The normalized spacial score (nSPS) is 14.8. The van der Waals surface area contributed by atoms with Gasteiger partial charge in [-0.05, 0) is 43.4 Å². The van der Waals surface area contributed by atoms with E-state index >= 15 is 0 Å². The van der Waals surface area contributed by atoms with E-state index in [4.69, 9.17) is 9.47 Å². The van der Waals surface area contributed by atoms with Gasteiger partial charge in [-0.2, -0.15) is 5.10 Å². The fourth-order valence-corrected chi connectivity index (χ4v) is 2.92. The number of aromatic carboxylic acids is 1. The van der Waals surface area contributed by atoms with Gasteiger partial charge < -0.3 is 14.6 Å². The Balaban J connectivity index is 1.83. The van der Waals surface area contributed by atoms with Gasteiger partial charge >= 0.3 is 5.97 Å². The van der Waals surface area contributed by atoms with Gasteiger partial charge in [-0.3, -0.25) is 4.68 Å². The van der Waals surface area contributed by atoms with Gasteiger partial charge in [0.1, 0.15) is 5.75 Å². The van der Waals surface area contributed by atoms with Crippen LogP contribution < -0.4 is 9.47 Å². The molecule has 1 N–H and O–H groups in total. The average Bonchev–Trinajstić information content (AvgIpc) is 3.18. The molecule has 2 aromatic rings. The molecular weight excluding hydrogens is 296 g/mol. The summed E-state index contributed by atoms with van der Waals surface area (Å²) in [6.45, 7) is 0.354. The maximum atomic E-state index is 11.6. The molecule has 0 radical (unpaired) electrons. The van der Waals surface area contributed by atoms with Crippen LogP contribution in [0.25, 0.3) is 0 Å². The molecule has 6 heteroatoms. The van der Waals surface area contributed by atoms with Crippen LogP contribution in [-0.2, 0) is 6.54 Å². The van der Waals surface area contributed by atoms with E-state index in [9.17, 15) is 9.90 Å². The minimum absolute atomic E-state index is 0.0970. The van der Waals surface area contributed by atoms with E-state index < -0.39 is 5.97 Å². The van der Waals surface area contributed by atoms with Crippen LogP contribution in [0.4, 0.5) is 0 Å². The van der Waals surface area contributed by atoms with Crippen molar-refractivity contribution in [3.05, 3.63) is 41.7 Å². The second kappa shape index (κ2) is 6.73. The molecule has 1 aromatic carbocycles. The third kappa shape index (κ3) is 3.47. The fraction of sp³-hybridized carbons (Fsp3) is 0.412. The molecule has 122 valence electrons. The highest BCUT2D eigenvalue weighted by Gasteiger charge is 2.24. The first kappa shape index (κ1) is 15.4. The summed E-state index contributed by atoms with van der Waals surface area (Å²) in [6, 6.07) is 7.49. The number of carbonyl (C=O) groups is 1. The molecule has 6 nitrogen and oxygen atoms in total. The molecule has 0 unspecified atom stereocenters. The van der Waals surface area contributed by atoms with E-state index in [1.54, 1.807) is 7.11 Å². The topological polar surface area (TPSA) is 73.6 Å². The summed E-state index contributed by atoms with van der Waals surface area (Å²) in [5.41, 5.74) is 1.02. The summed E-state index contributed by atoms with van der Waals surface area (Å²) in [4.78, 5) is 11.6. The maximum absolute atomic E-state index is 11.6. The Labute approximate surface area is 134 Å². The minimum atomic E-state index is -1.03. The number of carboxylic acids is 1. The Hall–Kier alpha value is -2.50. The molecule has 1 aromatic heterocycles. The Morgan fingerprint density at radius 2 is 2.17 bits per heavy atom. The smallest absolute Gasteiger partial charge is 0.358 e. The highest BCUT2D eigenvalue weighted by molar-refractivity contribution is 5.88. The van der Waals surface area contributed by atoms with E-state index in [1.807, 2.05) is 24.3 Å². The van der Waals surface area contributed by atoms with Crippen molar-refractivity contribution in [1.29, 1.82) is 0 Å². The number of aromatic nitrogens is 2. The Kier molecular flexibility index (Phi) is 4.50. The molecule has 1 aliphatic rings. The molecule has 1 fully saturated rings. The summed E-state index contributed by atoms with van der Waals surface area (Å²) in [6.07, 6.45) is 5.81. The predicted molar refractivity (Wildman–Crippen MR) is 84.2 cm³/mol. The van der Waals surface area contributed by atoms with Crippen molar-refractivity contribution in [2.24, 2.45) is 0 Å². The van der Waals surface area contributed by atoms with Crippen LogP contribution >= 0.6 is 0 Å². The number of hydrogen-bond acceptors (Lipinski definition) is 4. The van der Waals surface area contributed by atoms with Gasteiger partial charge in [0.2, 0.25) is 0 Å². The predicted octanol–water partition coefficient (Wildman–Crippen LogP) is 2.96. The molecule has 1 aliphatic carbocycles. The lowest BCUT2D eigenvalue weighted by Crippen LogP contribution is -2.16. The first-order valence-electron chi connectivity index (χ1n) is 7.76. The molecule has 0 atom stereocenters. The van der Waals surface area contributed by atoms with Crippen molar-refractivity contribution in [3.8, 4) is 11.5 Å². The largest absolute Gasteiger partial charge is 0.497 e. The van der Waals surface area contributed by atoms with Gasteiger partial charge in [-0.25, -0.2) is 4.79 Å². The molecule has 0 amide bonds. The van der Waals surface area contributed by atoms with Gasteiger partial charge in [0.25, 0.3) is 0 Å². The summed E-state index contributed by atoms with van der Waals surface area (Å²) in [7, 11) is 1.60. The van der Waals surface area contributed by atoms with Gasteiger partial charge in [-0.15, -0.1) is 0 Å². The molecule has 23 heavy (non-hydrogen) atoms. The number of hydrogen-bond donors (Lipinski definition) is 1. The van der Waals surface area contributed by atoms with Crippen LogP contribution in [0.5, 0.6) is 11.5 Å². The molecule has 0 aliphatic heterocycles. The van der Waals surface area contributed by atoms with E-state index in [-0.39, 0.29) is 11.8 Å². The SMILES string of the molecule is COc1cccc(Cn2ncc(OC3CCCC3)c2C(=O)O)c1. The molecule has 0 spiro atoms. The summed E-state index contributed by atoms with van der Waals surface area (Å²) < 4.78 is 12.5. The second-order valence-corrected chi connectivity index (χ2v) is 5.70. The minimum Gasteiger partial charge on any atom is -0.497 e. The molecule has 1 heterocycles. The van der Waals surface area contributed by atoms with E-state index in [1.165, 1.54) is 10.9 Å². The van der Waals surface area contributed by atoms with Gasteiger partial charge in [0.05, 0.1) is 26.0 Å². The maximum Gasteiger partial charge on any atom is 0.358 e. The van der Waals surface area contributed by atoms with Crippen molar-refractivity contribution >= 4 is 5.97 Å². The zero-order valence-electron chi connectivity index (χ0n) is 13.1. The highest BCUT2D eigenvalue weighted by atomic mass is 16.5. The lowest BCUT2D eigenvalue weighted by molar-refractivity contribution is 0.0676. The number of methoxy groups -OCH3 is 1. The number of carboxylic acid groups (broad SMARTS) is 1. The first-order chi connectivity index (χ1) is 11.2. The lowest BCUT2D eigenvalue weighted by Gasteiger charge is -2.12. The summed E-state index contributed by atoms with van der Waals surface area (Å²) in [5, 5.41) is 13.7. The summed E-state index contributed by atoms with van der Waals surface area (Å²) >= 11 is 0. The third-order valence-corrected chi connectivity index (χ3v) is 4.07. The first-order valence-corrected chi connectivity index (χ1v) is 7.76. The number of ether oxygens (including phenoxy) is 2. The van der Waals surface area contributed by atoms with Crippen molar-refractivity contribution in [2.45, 2.75) is 38.3 Å². The van der Waals surface area contributed by atoms with Crippen LogP contribution in [0, 0.1) is 0 Å². The number of rotatable bonds is 6. The fourth-order valence-electron chi connectivity index (χ4n) is 2.92. The lowest BCUT2D eigenvalue weighted by atomic mass is 10.2. The van der Waals surface area contributed by atoms with Crippen molar-refractivity contribution in [3.63, 3.8) is 0 Å². The third-order valence-electron chi connectivity index (χ3n) is 4.07. The van der Waals surface area contributed by atoms with Crippen molar-refractivity contribution < 1.29 is 19.4 Å². The molecule has 3 rings (SSSR count). The van der Waals surface area contributed by atoms with E-state index in [0.29, 0.717) is 12.3 Å². The van der Waals surface area contributed by atoms with Crippen molar-refractivity contribution in [1.82, 2.24) is 9.78 Å². The Morgan fingerprint density at radius 1 is 1.39 bits per heavy atom.